The minimum absolute atomic E-state index is 0.0278. The molecule has 0 radical (unpaired) electrons. The summed E-state index contributed by atoms with van der Waals surface area (Å²) in [5, 5.41) is 3.19. The van der Waals surface area contributed by atoms with Gasteiger partial charge in [0.15, 0.2) is 5.96 Å². The second-order valence-corrected chi connectivity index (χ2v) is 6.38. The Morgan fingerprint density at radius 3 is 2.67 bits per heavy atom. The number of carbonyl (C=O) groups is 1. The molecule has 132 valence electrons. The molecule has 1 aliphatic rings. The number of likely N-dealkylation sites (N-methyl/N-ethyl adjacent to an activating group) is 1. The van der Waals surface area contributed by atoms with E-state index in [1.54, 1.807) is 19.0 Å². The number of hydrogen-bond acceptors (Lipinski definition) is 3. The molecule has 1 N–H and O–H groups in total. The first-order valence-corrected chi connectivity index (χ1v) is 8.37. The molecular weight excluding hydrogens is 304 g/mol. The maximum atomic E-state index is 11.9. The van der Waals surface area contributed by atoms with E-state index in [-0.39, 0.29) is 12.5 Å². The Bertz CT molecular complexity index is 539. The average molecular weight is 332 g/mol. The maximum Gasteiger partial charge on any atom is 0.241 e. The monoisotopic (exact) mass is 332 g/mol. The first-order valence-electron chi connectivity index (χ1n) is 8.37. The first kappa shape index (κ1) is 18.3. The Morgan fingerprint density at radius 1 is 1.29 bits per heavy atom. The van der Waals surface area contributed by atoms with E-state index in [9.17, 15) is 4.79 Å². The molecule has 1 heterocycles. The largest absolute Gasteiger partial charge is 0.381 e. The van der Waals surface area contributed by atoms with E-state index < -0.39 is 0 Å². The number of benzene rings is 1. The van der Waals surface area contributed by atoms with Crippen molar-refractivity contribution in [3.05, 3.63) is 35.9 Å². The lowest BCUT2D eigenvalue weighted by Crippen LogP contribution is -2.45. The molecule has 24 heavy (non-hydrogen) atoms. The summed E-state index contributed by atoms with van der Waals surface area (Å²) < 4.78 is 5.45. The standard InChI is InChI=1S/C18H28N4O2/c1-21(2)17(23)12-20-18(19-11-15-7-5-4-6-8-15)22(3)13-16-9-10-24-14-16/h4-8,16H,9-14H2,1-3H3,(H,19,20). The Hall–Kier alpha value is -2.08. The Labute approximate surface area is 144 Å². The van der Waals surface area contributed by atoms with Gasteiger partial charge in [0.05, 0.1) is 19.7 Å². The van der Waals surface area contributed by atoms with Crippen LogP contribution in [0.4, 0.5) is 0 Å². The molecule has 1 amide bonds. The predicted molar refractivity (Wildman–Crippen MR) is 95.8 cm³/mol. The number of nitrogens with zero attached hydrogens (tertiary/aromatic N) is 3. The predicted octanol–water partition coefficient (Wildman–Crippen LogP) is 1.19. The highest BCUT2D eigenvalue weighted by Crippen LogP contribution is 2.13. The average Bonchev–Trinajstić information content (AvgIpc) is 3.08. The van der Waals surface area contributed by atoms with E-state index in [1.165, 1.54) is 0 Å². The van der Waals surface area contributed by atoms with Gasteiger partial charge in [-0.1, -0.05) is 30.3 Å². The van der Waals surface area contributed by atoms with Crippen LogP contribution in [0, 0.1) is 5.92 Å². The third-order valence-electron chi connectivity index (χ3n) is 4.07. The van der Waals surface area contributed by atoms with Gasteiger partial charge in [-0.15, -0.1) is 0 Å². The van der Waals surface area contributed by atoms with Crippen LogP contribution in [0.1, 0.15) is 12.0 Å². The molecular formula is C18H28N4O2. The Morgan fingerprint density at radius 2 is 2.04 bits per heavy atom. The summed E-state index contributed by atoms with van der Waals surface area (Å²) in [7, 11) is 5.52. The molecule has 6 heteroatoms. The van der Waals surface area contributed by atoms with Crippen LogP contribution >= 0.6 is 0 Å². The highest BCUT2D eigenvalue weighted by molar-refractivity contribution is 5.86. The molecule has 6 nitrogen and oxygen atoms in total. The number of ether oxygens (including phenoxy) is 1. The van der Waals surface area contributed by atoms with Crippen LogP contribution in [-0.2, 0) is 16.1 Å². The van der Waals surface area contributed by atoms with E-state index in [0.29, 0.717) is 12.5 Å². The second-order valence-electron chi connectivity index (χ2n) is 6.38. The maximum absolute atomic E-state index is 11.9. The molecule has 1 aromatic carbocycles. The normalized spacial score (nSPS) is 17.6. The summed E-state index contributed by atoms with van der Waals surface area (Å²) in [6.45, 7) is 3.34. The van der Waals surface area contributed by atoms with Crippen molar-refractivity contribution in [2.24, 2.45) is 10.9 Å². The van der Waals surface area contributed by atoms with Crippen molar-refractivity contribution in [1.29, 1.82) is 0 Å². The van der Waals surface area contributed by atoms with Crippen LogP contribution < -0.4 is 5.32 Å². The van der Waals surface area contributed by atoms with Crippen LogP contribution in [0.2, 0.25) is 0 Å². The van der Waals surface area contributed by atoms with E-state index in [2.05, 4.69) is 27.3 Å². The molecule has 2 rings (SSSR count). The van der Waals surface area contributed by atoms with E-state index in [1.807, 2.05) is 25.2 Å². The molecule has 1 aliphatic heterocycles. The number of carbonyl (C=O) groups excluding carboxylic acids is 1. The third kappa shape index (κ3) is 5.85. The van der Waals surface area contributed by atoms with Gasteiger partial charge in [0.1, 0.15) is 0 Å². The van der Waals surface area contributed by atoms with E-state index in [0.717, 1.165) is 37.7 Å². The molecule has 0 saturated carbocycles. The van der Waals surface area contributed by atoms with Gasteiger partial charge in [-0.2, -0.15) is 0 Å². The second kappa shape index (κ2) is 9.27. The molecule has 1 saturated heterocycles. The SMILES string of the molecule is CN(C)C(=O)CNC(=NCc1ccccc1)N(C)CC1CCOC1. The number of hydrogen-bond donors (Lipinski definition) is 1. The molecule has 0 bridgehead atoms. The molecule has 0 aliphatic carbocycles. The quantitative estimate of drug-likeness (QED) is 0.628. The highest BCUT2D eigenvalue weighted by Gasteiger charge is 2.19. The minimum atomic E-state index is 0.0278. The zero-order chi connectivity index (χ0) is 17.4. The summed E-state index contributed by atoms with van der Waals surface area (Å²) in [6, 6.07) is 10.1. The van der Waals surface area contributed by atoms with Gasteiger partial charge in [0.2, 0.25) is 5.91 Å². The van der Waals surface area contributed by atoms with Crippen molar-refractivity contribution in [2.45, 2.75) is 13.0 Å². The van der Waals surface area contributed by atoms with Crippen molar-refractivity contribution in [1.82, 2.24) is 15.1 Å². The van der Waals surface area contributed by atoms with Gasteiger partial charge in [-0.3, -0.25) is 4.79 Å². The van der Waals surface area contributed by atoms with Crippen LogP contribution in [0.25, 0.3) is 0 Å². The summed E-state index contributed by atoms with van der Waals surface area (Å²) >= 11 is 0. The zero-order valence-corrected chi connectivity index (χ0v) is 14.9. The third-order valence-corrected chi connectivity index (χ3v) is 4.07. The van der Waals surface area contributed by atoms with Crippen molar-refractivity contribution in [2.75, 3.05) is 47.4 Å². The number of rotatable bonds is 6. The van der Waals surface area contributed by atoms with Crippen molar-refractivity contribution < 1.29 is 9.53 Å². The van der Waals surface area contributed by atoms with Crippen LogP contribution in [0.3, 0.4) is 0 Å². The summed E-state index contributed by atoms with van der Waals surface area (Å²) in [5.74, 6) is 1.30. The lowest BCUT2D eigenvalue weighted by molar-refractivity contribution is -0.127. The van der Waals surface area contributed by atoms with Crippen LogP contribution in [-0.4, -0.2) is 69.1 Å². The van der Waals surface area contributed by atoms with Crippen LogP contribution in [0.5, 0.6) is 0 Å². The fourth-order valence-electron chi connectivity index (χ4n) is 2.58. The summed E-state index contributed by atoms with van der Waals surface area (Å²) in [5.41, 5.74) is 1.15. The molecule has 1 aromatic rings. The fraction of sp³-hybridized carbons (Fsp3) is 0.556. The van der Waals surface area contributed by atoms with Crippen molar-refractivity contribution >= 4 is 11.9 Å². The van der Waals surface area contributed by atoms with Gasteiger partial charge in [-0.05, 0) is 12.0 Å². The number of aliphatic imine (C=N–C) groups is 1. The molecule has 1 fully saturated rings. The summed E-state index contributed by atoms with van der Waals surface area (Å²) in [4.78, 5) is 20.2. The van der Waals surface area contributed by atoms with Crippen LogP contribution in [0.15, 0.2) is 35.3 Å². The smallest absolute Gasteiger partial charge is 0.241 e. The lowest BCUT2D eigenvalue weighted by Gasteiger charge is -2.25. The molecule has 0 aromatic heterocycles. The van der Waals surface area contributed by atoms with E-state index in [4.69, 9.17) is 4.74 Å². The zero-order valence-electron chi connectivity index (χ0n) is 14.9. The molecule has 0 spiro atoms. The highest BCUT2D eigenvalue weighted by atomic mass is 16.5. The molecule has 1 atom stereocenters. The number of guanidine groups is 1. The first-order chi connectivity index (χ1) is 11.6. The minimum Gasteiger partial charge on any atom is -0.381 e. The van der Waals surface area contributed by atoms with Gasteiger partial charge >= 0.3 is 0 Å². The summed E-state index contributed by atoms with van der Waals surface area (Å²) in [6.07, 6.45) is 1.08. The Kier molecular flexibility index (Phi) is 7.06. The van der Waals surface area contributed by atoms with Gasteiger partial charge in [0.25, 0.3) is 0 Å². The Balaban J connectivity index is 1.99. The number of amides is 1. The fourth-order valence-corrected chi connectivity index (χ4v) is 2.58. The van der Waals surface area contributed by atoms with Gasteiger partial charge < -0.3 is 19.9 Å². The molecule has 1 unspecified atom stereocenters. The van der Waals surface area contributed by atoms with E-state index >= 15 is 0 Å². The lowest BCUT2D eigenvalue weighted by atomic mass is 10.1. The van der Waals surface area contributed by atoms with Gasteiger partial charge in [-0.25, -0.2) is 4.99 Å². The van der Waals surface area contributed by atoms with Crippen molar-refractivity contribution in [3.63, 3.8) is 0 Å². The topological polar surface area (TPSA) is 57.2 Å². The number of nitrogens with one attached hydrogen (secondary N) is 1. The van der Waals surface area contributed by atoms with Gasteiger partial charge in [0, 0.05) is 40.2 Å². The van der Waals surface area contributed by atoms with Crippen molar-refractivity contribution in [3.8, 4) is 0 Å².